The summed E-state index contributed by atoms with van der Waals surface area (Å²) < 4.78 is 5.55. The molecule has 0 amide bonds. The molecule has 1 aromatic heterocycles. The van der Waals surface area contributed by atoms with Gasteiger partial charge in [-0.2, -0.15) is 0 Å². The molecule has 3 N–H and O–H groups in total. The fraction of sp³-hybridized carbons (Fsp3) is 0.143. The number of aromatic carboxylic acids is 1. The Bertz CT molecular complexity index is 611. The predicted molar refractivity (Wildman–Crippen MR) is 71.1 cm³/mol. The Labute approximate surface area is 110 Å². The van der Waals surface area contributed by atoms with Crippen LogP contribution >= 0.6 is 0 Å². The molecule has 0 aliphatic carbocycles. The Morgan fingerprint density at radius 2 is 2.16 bits per heavy atom. The third kappa shape index (κ3) is 3.22. The number of hydrogen-bond acceptors (Lipinski definition) is 4. The Hall–Kier alpha value is -2.56. The minimum absolute atomic E-state index is 0.141. The van der Waals surface area contributed by atoms with Crippen LogP contribution < -0.4 is 10.5 Å². The average molecular weight is 258 g/mol. The Kier molecular flexibility index (Phi) is 3.66. The molecular weight excluding hydrogens is 244 g/mol. The van der Waals surface area contributed by atoms with Crippen LogP contribution in [0.25, 0.3) is 0 Å². The maximum atomic E-state index is 10.8. The average Bonchev–Trinajstić information content (AvgIpc) is 2.37. The van der Waals surface area contributed by atoms with Gasteiger partial charge in [-0.05, 0) is 36.8 Å². The molecule has 2 aromatic rings. The molecule has 2 rings (SSSR count). The SMILES string of the molecule is Cc1cncc(COc2ccc(C(=O)O)cc2N)c1. The summed E-state index contributed by atoms with van der Waals surface area (Å²) in [6, 6.07) is 6.37. The normalized spacial score (nSPS) is 10.2. The standard InChI is InChI=1S/C14H14N2O3/c1-9-4-10(7-16-6-9)8-19-13-3-2-11(14(17)18)5-12(13)15/h2-7H,8,15H2,1H3,(H,17,18). The van der Waals surface area contributed by atoms with Gasteiger partial charge in [0.2, 0.25) is 0 Å². The minimum Gasteiger partial charge on any atom is -0.487 e. The molecule has 0 saturated carbocycles. The van der Waals surface area contributed by atoms with Crippen molar-refractivity contribution >= 4 is 11.7 Å². The van der Waals surface area contributed by atoms with Gasteiger partial charge in [0.25, 0.3) is 0 Å². The molecule has 19 heavy (non-hydrogen) atoms. The molecule has 0 unspecified atom stereocenters. The second-order valence-corrected chi connectivity index (χ2v) is 4.22. The number of hydrogen-bond donors (Lipinski definition) is 2. The number of aromatic nitrogens is 1. The molecule has 98 valence electrons. The van der Waals surface area contributed by atoms with Crippen LogP contribution in [0.3, 0.4) is 0 Å². The second kappa shape index (κ2) is 5.39. The molecule has 0 spiro atoms. The summed E-state index contributed by atoms with van der Waals surface area (Å²) in [5, 5.41) is 8.83. The molecule has 0 bridgehead atoms. The maximum Gasteiger partial charge on any atom is 0.335 e. The molecular formula is C14H14N2O3. The van der Waals surface area contributed by atoms with Gasteiger partial charge in [-0.25, -0.2) is 4.79 Å². The van der Waals surface area contributed by atoms with Crippen molar-refractivity contribution in [1.82, 2.24) is 4.98 Å². The Morgan fingerprint density at radius 1 is 1.37 bits per heavy atom. The number of nitrogens with zero attached hydrogens (tertiary/aromatic N) is 1. The number of carboxylic acid groups (broad SMARTS) is 1. The van der Waals surface area contributed by atoms with E-state index in [2.05, 4.69) is 4.98 Å². The van der Waals surface area contributed by atoms with Gasteiger partial charge < -0.3 is 15.6 Å². The van der Waals surface area contributed by atoms with E-state index in [1.807, 2.05) is 13.0 Å². The number of carboxylic acids is 1. The minimum atomic E-state index is -1.01. The molecule has 1 heterocycles. The van der Waals surface area contributed by atoms with Gasteiger partial charge in [-0.3, -0.25) is 4.98 Å². The van der Waals surface area contributed by atoms with E-state index in [0.29, 0.717) is 18.0 Å². The van der Waals surface area contributed by atoms with Crippen molar-refractivity contribution in [2.75, 3.05) is 5.73 Å². The van der Waals surface area contributed by atoms with Gasteiger partial charge in [0.1, 0.15) is 12.4 Å². The lowest BCUT2D eigenvalue weighted by molar-refractivity contribution is 0.0697. The molecule has 1 aromatic carbocycles. The van der Waals surface area contributed by atoms with Crippen LogP contribution in [0.2, 0.25) is 0 Å². The van der Waals surface area contributed by atoms with Gasteiger partial charge in [-0.15, -0.1) is 0 Å². The van der Waals surface area contributed by atoms with E-state index in [1.165, 1.54) is 12.1 Å². The largest absolute Gasteiger partial charge is 0.487 e. The molecule has 0 radical (unpaired) electrons. The summed E-state index contributed by atoms with van der Waals surface area (Å²) >= 11 is 0. The fourth-order valence-corrected chi connectivity index (χ4v) is 1.67. The number of ether oxygens (including phenoxy) is 1. The van der Waals surface area contributed by atoms with E-state index in [1.54, 1.807) is 18.5 Å². The van der Waals surface area contributed by atoms with Crippen molar-refractivity contribution < 1.29 is 14.6 Å². The monoisotopic (exact) mass is 258 g/mol. The molecule has 5 nitrogen and oxygen atoms in total. The van der Waals surface area contributed by atoms with Crippen molar-refractivity contribution in [3.8, 4) is 5.75 Å². The predicted octanol–water partition coefficient (Wildman–Crippen LogP) is 2.25. The van der Waals surface area contributed by atoms with Crippen LogP contribution in [0, 0.1) is 6.92 Å². The van der Waals surface area contributed by atoms with Crippen LogP contribution in [0.5, 0.6) is 5.75 Å². The lowest BCUT2D eigenvalue weighted by Gasteiger charge is -2.09. The lowest BCUT2D eigenvalue weighted by atomic mass is 10.2. The van der Waals surface area contributed by atoms with Gasteiger partial charge in [0, 0.05) is 18.0 Å². The van der Waals surface area contributed by atoms with E-state index in [-0.39, 0.29) is 5.56 Å². The number of nitrogen functional groups attached to an aromatic ring is 1. The van der Waals surface area contributed by atoms with Crippen molar-refractivity contribution in [2.45, 2.75) is 13.5 Å². The van der Waals surface area contributed by atoms with E-state index < -0.39 is 5.97 Å². The number of carbonyl (C=O) groups is 1. The van der Waals surface area contributed by atoms with Gasteiger partial charge in [-0.1, -0.05) is 0 Å². The number of nitrogens with two attached hydrogens (primary N) is 1. The highest BCUT2D eigenvalue weighted by atomic mass is 16.5. The van der Waals surface area contributed by atoms with Crippen LogP contribution in [-0.2, 0) is 6.61 Å². The molecule has 5 heteroatoms. The first-order valence-electron chi connectivity index (χ1n) is 5.72. The third-order valence-corrected chi connectivity index (χ3v) is 2.58. The van der Waals surface area contributed by atoms with E-state index >= 15 is 0 Å². The highest BCUT2D eigenvalue weighted by Crippen LogP contribution is 2.23. The van der Waals surface area contributed by atoms with Crippen LogP contribution in [-0.4, -0.2) is 16.1 Å². The van der Waals surface area contributed by atoms with Crippen molar-refractivity contribution in [3.63, 3.8) is 0 Å². The summed E-state index contributed by atoms with van der Waals surface area (Å²) in [6.07, 6.45) is 3.48. The number of rotatable bonds is 4. The highest BCUT2D eigenvalue weighted by molar-refractivity contribution is 5.89. The number of pyridine rings is 1. The van der Waals surface area contributed by atoms with E-state index in [4.69, 9.17) is 15.6 Å². The fourth-order valence-electron chi connectivity index (χ4n) is 1.67. The summed E-state index contributed by atoms with van der Waals surface area (Å²) in [4.78, 5) is 14.8. The molecule has 0 aliphatic rings. The first-order chi connectivity index (χ1) is 9.06. The van der Waals surface area contributed by atoms with Crippen LogP contribution in [0.15, 0.2) is 36.7 Å². The van der Waals surface area contributed by atoms with Gasteiger partial charge in [0.15, 0.2) is 0 Å². The molecule has 0 fully saturated rings. The maximum absolute atomic E-state index is 10.8. The van der Waals surface area contributed by atoms with E-state index in [9.17, 15) is 4.79 Å². The van der Waals surface area contributed by atoms with Crippen molar-refractivity contribution in [3.05, 3.63) is 53.3 Å². The summed E-state index contributed by atoms with van der Waals surface area (Å²) in [5.74, 6) is -0.548. The Balaban J connectivity index is 2.10. The molecule has 0 atom stereocenters. The molecule has 0 aliphatic heterocycles. The van der Waals surface area contributed by atoms with Crippen molar-refractivity contribution in [2.24, 2.45) is 0 Å². The molecule has 0 saturated heterocycles. The lowest BCUT2D eigenvalue weighted by Crippen LogP contribution is -2.02. The zero-order valence-corrected chi connectivity index (χ0v) is 10.5. The summed E-state index contributed by atoms with van der Waals surface area (Å²) in [7, 11) is 0. The van der Waals surface area contributed by atoms with Crippen molar-refractivity contribution in [1.29, 1.82) is 0 Å². The highest BCUT2D eigenvalue weighted by Gasteiger charge is 2.07. The number of benzene rings is 1. The summed E-state index contributed by atoms with van der Waals surface area (Å²) in [5.41, 5.74) is 8.18. The zero-order chi connectivity index (χ0) is 13.8. The van der Waals surface area contributed by atoms with Gasteiger partial charge >= 0.3 is 5.97 Å². The quantitative estimate of drug-likeness (QED) is 0.821. The first kappa shape index (κ1) is 12.9. The Morgan fingerprint density at radius 3 is 2.79 bits per heavy atom. The van der Waals surface area contributed by atoms with Crippen LogP contribution in [0.4, 0.5) is 5.69 Å². The third-order valence-electron chi connectivity index (χ3n) is 2.58. The van der Waals surface area contributed by atoms with Crippen LogP contribution in [0.1, 0.15) is 21.5 Å². The second-order valence-electron chi connectivity index (χ2n) is 4.22. The topological polar surface area (TPSA) is 85.4 Å². The first-order valence-corrected chi connectivity index (χ1v) is 5.72. The zero-order valence-electron chi connectivity index (χ0n) is 10.5. The number of aryl methyl sites for hydroxylation is 1. The van der Waals surface area contributed by atoms with E-state index in [0.717, 1.165) is 11.1 Å². The summed E-state index contributed by atoms with van der Waals surface area (Å²) in [6.45, 7) is 2.29. The number of anilines is 1. The smallest absolute Gasteiger partial charge is 0.335 e. The van der Waals surface area contributed by atoms with Gasteiger partial charge in [0.05, 0.1) is 11.3 Å².